The lowest BCUT2D eigenvalue weighted by Crippen LogP contribution is -2.46. The fourth-order valence-electron chi connectivity index (χ4n) is 5.28. The van der Waals surface area contributed by atoms with Gasteiger partial charge in [0.15, 0.2) is 5.78 Å². The van der Waals surface area contributed by atoms with E-state index in [4.69, 9.17) is 18.9 Å². The van der Waals surface area contributed by atoms with Crippen LogP contribution < -0.4 is 18.9 Å². The number of carbonyl (C=O) groups excluding carboxylic acids is 4. The van der Waals surface area contributed by atoms with E-state index in [0.717, 1.165) is 19.1 Å². The summed E-state index contributed by atoms with van der Waals surface area (Å²) in [5.74, 6) is -17.7. The SMILES string of the molecule is CC(C(=O)C=Cc1ccc(OC(=O)c2ccc(OCCCC(F)(F)C(F)(F)F)cc2)cc1)C(O)(O)C(=O)C=Cc1ccc(OC(=O)c2ccc(OCCCC(F)(F)C(F)(F)F)cc2)cc1. The smallest absolute Gasteiger partial charge is 0.453 e. The van der Waals surface area contributed by atoms with Crippen LogP contribution in [0.2, 0.25) is 0 Å². The summed E-state index contributed by atoms with van der Waals surface area (Å²) in [6.45, 7) is 0.273. The summed E-state index contributed by atoms with van der Waals surface area (Å²) >= 11 is 0. The van der Waals surface area contributed by atoms with Crippen molar-refractivity contribution >= 4 is 35.7 Å². The lowest BCUT2D eigenvalue weighted by Gasteiger charge is -2.23. The van der Waals surface area contributed by atoms with Crippen LogP contribution in [0.4, 0.5) is 43.9 Å². The van der Waals surface area contributed by atoms with Gasteiger partial charge in [-0.2, -0.15) is 43.9 Å². The number of benzene rings is 4. The monoisotopic (exact) mass is 928 g/mol. The van der Waals surface area contributed by atoms with Gasteiger partial charge in [-0.15, -0.1) is 0 Å². The molecule has 2 N–H and O–H groups in total. The molecule has 1 atom stereocenters. The Hall–Kier alpha value is -6.54. The van der Waals surface area contributed by atoms with E-state index in [2.05, 4.69) is 0 Å². The van der Waals surface area contributed by atoms with Crippen molar-refractivity contribution in [1.82, 2.24) is 0 Å². The fraction of sp³-hybridized carbons (Fsp3) is 0.289. The summed E-state index contributed by atoms with van der Waals surface area (Å²) in [5.41, 5.74) is 0.889. The largest absolute Gasteiger partial charge is 0.494 e. The van der Waals surface area contributed by atoms with Crippen molar-refractivity contribution < 1.29 is 92.2 Å². The zero-order valence-corrected chi connectivity index (χ0v) is 33.8. The number of halogens is 10. The van der Waals surface area contributed by atoms with Gasteiger partial charge in [-0.3, -0.25) is 9.59 Å². The molecule has 0 saturated carbocycles. The first-order valence-corrected chi connectivity index (χ1v) is 19.2. The van der Waals surface area contributed by atoms with E-state index in [-0.39, 0.29) is 34.1 Å². The van der Waals surface area contributed by atoms with E-state index in [9.17, 15) is 73.3 Å². The molecule has 4 aromatic rings. The molecule has 0 aliphatic rings. The van der Waals surface area contributed by atoms with Gasteiger partial charge in [0.2, 0.25) is 11.6 Å². The lowest BCUT2D eigenvalue weighted by atomic mass is 9.91. The van der Waals surface area contributed by atoms with Crippen LogP contribution in [-0.2, 0) is 9.59 Å². The molecule has 65 heavy (non-hydrogen) atoms. The highest BCUT2D eigenvalue weighted by atomic mass is 19.4. The molecule has 20 heteroatoms. The van der Waals surface area contributed by atoms with Crippen LogP contribution >= 0.6 is 0 Å². The number of aliphatic hydroxyl groups is 2. The number of alkyl halides is 10. The zero-order valence-electron chi connectivity index (χ0n) is 33.8. The number of ether oxygens (including phenoxy) is 4. The van der Waals surface area contributed by atoms with Crippen LogP contribution in [-0.4, -0.2) is 76.9 Å². The summed E-state index contributed by atoms with van der Waals surface area (Å²) in [6, 6.07) is 21.6. The molecule has 0 fully saturated rings. The first kappa shape index (κ1) is 51.1. The molecule has 0 bridgehead atoms. The van der Waals surface area contributed by atoms with Crippen LogP contribution in [0.5, 0.6) is 23.0 Å². The van der Waals surface area contributed by atoms with Gasteiger partial charge in [0.25, 0.3) is 0 Å². The molecule has 4 aromatic carbocycles. The van der Waals surface area contributed by atoms with E-state index in [1.54, 1.807) is 0 Å². The highest BCUT2D eigenvalue weighted by molar-refractivity contribution is 6.05. The fourth-order valence-corrected chi connectivity index (χ4v) is 5.28. The molecule has 0 aliphatic carbocycles. The van der Waals surface area contributed by atoms with Gasteiger partial charge < -0.3 is 29.2 Å². The number of ketones is 2. The first-order chi connectivity index (χ1) is 30.3. The molecule has 0 heterocycles. The van der Waals surface area contributed by atoms with Gasteiger partial charge >= 0.3 is 36.1 Å². The maximum Gasteiger partial charge on any atom is 0.453 e. The van der Waals surface area contributed by atoms with E-state index >= 15 is 0 Å². The van der Waals surface area contributed by atoms with Crippen molar-refractivity contribution in [3.05, 3.63) is 131 Å². The summed E-state index contributed by atoms with van der Waals surface area (Å²) in [6.07, 6.45) is -11.0. The quantitative estimate of drug-likeness (QED) is 0.0207. The standard InChI is InChI=1S/C45H38F10O10/c1-28(37(56)22-8-29-4-14-35(15-5-29)64-39(58)31-10-18-33(19-11-31)62-26-2-24-41(46,47)44(50,51)52)43(60,61)38(57)23-9-30-6-16-36(17-7-30)65-40(59)32-12-20-34(21-13-32)63-27-3-25-42(48,49)45(53,54)55/h4-23,28,60-61H,2-3,24-27H2,1H3. The van der Waals surface area contributed by atoms with Crippen molar-refractivity contribution in [2.45, 2.75) is 62.6 Å². The second-order valence-corrected chi connectivity index (χ2v) is 14.2. The average Bonchev–Trinajstić information content (AvgIpc) is 3.25. The third-order valence-corrected chi connectivity index (χ3v) is 9.26. The molecule has 0 aliphatic heterocycles. The normalized spacial score (nSPS) is 13.1. The Kier molecular flexibility index (Phi) is 16.8. The van der Waals surface area contributed by atoms with Crippen LogP contribution in [0, 0.1) is 5.92 Å². The predicted molar refractivity (Wildman–Crippen MR) is 212 cm³/mol. The lowest BCUT2D eigenvalue weighted by molar-refractivity contribution is -0.284. The second-order valence-electron chi connectivity index (χ2n) is 14.2. The summed E-state index contributed by atoms with van der Waals surface area (Å²) in [4.78, 5) is 50.7. The summed E-state index contributed by atoms with van der Waals surface area (Å²) in [5, 5.41) is 21.1. The Bertz CT molecular complexity index is 2300. The van der Waals surface area contributed by atoms with Gasteiger partial charge in [0, 0.05) is 12.8 Å². The van der Waals surface area contributed by atoms with E-state index in [1.165, 1.54) is 109 Å². The minimum atomic E-state index is -5.66. The minimum absolute atomic E-state index is 0.0519. The van der Waals surface area contributed by atoms with Crippen molar-refractivity contribution in [2.24, 2.45) is 5.92 Å². The van der Waals surface area contributed by atoms with Gasteiger partial charge in [-0.25, -0.2) is 9.59 Å². The molecule has 0 spiro atoms. The van der Waals surface area contributed by atoms with Crippen molar-refractivity contribution in [1.29, 1.82) is 0 Å². The highest BCUT2D eigenvalue weighted by Crippen LogP contribution is 2.40. The summed E-state index contributed by atoms with van der Waals surface area (Å²) in [7, 11) is 0. The molecule has 0 saturated heterocycles. The third-order valence-electron chi connectivity index (χ3n) is 9.26. The Morgan fingerprint density at radius 2 is 0.862 bits per heavy atom. The molecule has 10 nitrogen and oxygen atoms in total. The van der Waals surface area contributed by atoms with E-state index in [0.29, 0.717) is 11.1 Å². The van der Waals surface area contributed by atoms with Crippen LogP contribution in [0.25, 0.3) is 12.2 Å². The zero-order chi connectivity index (χ0) is 48.2. The number of rotatable bonds is 21. The number of carbonyl (C=O) groups is 4. The van der Waals surface area contributed by atoms with Gasteiger partial charge in [0.05, 0.1) is 30.3 Å². The molecular weight excluding hydrogens is 890 g/mol. The number of allylic oxidation sites excluding steroid dienone is 1. The number of hydrogen-bond donors (Lipinski definition) is 2. The highest BCUT2D eigenvalue weighted by Gasteiger charge is 2.57. The molecule has 0 aromatic heterocycles. The number of esters is 2. The third kappa shape index (κ3) is 14.8. The van der Waals surface area contributed by atoms with Crippen LogP contribution in [0.15, 0.2) is 109 Å². The minimum Gasteiger partial charge on any atom is -0.494 e. The Morgan fingerprint density at radius 3 is 1.22 bits per heavy atom. The maximum absolute atomic E-state index is 13.0. The van der Waals surface area contributed by atoms with Crippen molar-refractivity contribution in [2.75, 3.05) is 13.2 Å². The predicted octanol–water partition coefficient (Wildman–Crippen LogP) is 10.0. The second kappa shape index (κ2) is 21.4. The van der Waals surface area contributed by atoms with Gasteiger partial charge in [0.1, 0.15) is 23.0 Å². The van der Waals surface area contributed by atoms with E-state index < -0.39 is 98.3 Å². The Morgan fingerprint density at radius 1 is 0.523 bits per heavy atom. The molecular formula is C45H38F10O10. The molecule has 4 rings (SSSR count). The number of hydrogen-bond acceptors (Lipinski definition) is 10. The summed E-state index contributed by atoms with van der Waals surface area (Å²) < 4.78 is 147. The molecule has 0 amide bonds. The molecule has 0 radical (unpaired) electrons. The Labute approximate surface area is 363 Å². The first-order valence-electron chi connectivity index (χ1n) is 19.2. The van der Waals surface area contributed by atoms with Crippen LogP contribution in [0.1, 0.15) is 64.4 Å². The maximum atomic E-state index is 13.0. The van der Waals surface area contributed by atoms with Crippen molar-refractivity contribution in [3.8, 4) is 23.0 Å². The molecule has 348 valence electrons. The average molecular weight is 929 g/mol. The molecule has 1 unspecified atom stereocenters. The topological polar surface area (TPSA) is 146 Å². The van der Waals surface area contributed by atoms with Crippen molar-refractivity contribution in [3.63, 3.8) is 0 Å². The van der Waals surface area contributed by atoms with E-state index in [1.807, 2.05) is 0 Å². The van der Waals surface area contributed by atoms with Gasteiger partial charge in [-0.05, 0) is 116 Å². The Balaban J connectivity index is 1.21. The van der Waals surface area contributed by atoms with Crippen LogP contribution in [0.3, 0.4) is 0 Å². The van der Waals surface area contributed by atoms with Gasteiger partial charge in [-0.1, -0.05) is 36.4 Å².